The Balaban J connectivity index is 1.51. The van der Waals surface area contributed by atoms with Gasteiger partial charge in [0.15, 0.2) is 17.3 Å². The summed E-state index contributed by atoms with van der Waals surface area (Å²) in [7, 11) is 1.56. The van der Waals surface area contributed by atoms with Crippen LogP contribution in [0.4, 0.5) is 14.7 Å². The van der Waals surface area contributed by atoms with Crippen LogP contribution in [0.1, 0.15) is 41.9 Å². The van der Waals surface area contributed by atoms with Crippen molar-refractivity contribution in [2.45, 2.75) is 39.8 Å². The normalized spacial score (nSPS) is 10.9. The van der Waals surface area contributed by atoms with Crippen molar-refractivity contribution in [1.29, 1.82) is 0 Å². The number of hydrogen-bond donors (Lipinski definition) is 2. The Morgan fingerprint density at radius 1 is 1.35 bits per heavy atom. The molecule has 0 aromatic carbocycles. The molecular weight excluding hydrogens is 464 g/mol. The molecule has 10 nitrogen and oxygen atoms in total. The first kappa shape index (κ1) is 23.0. The van der Waals surface area contributed by atoms with Crippen LogP contribution >= 0.6 is 34.5 Å². The maximum absolute atomic E-state index is 12.4. The van der Waals surface area contributed by atoms with E-state index in [9.17, 15) is 9.59 Å². The van der Waals surface area contributed by atoms with E-state index >= 15 is 0 Å². The molecule has 2 N–H and O–H groups in total. The highest BCUT2D eigenvalue weighted by Gasteiger charge is 2.23. The van der Waals surface area contributed by atoms with E-state index in [2.05, 4.69) is 25.1 Å². The Labute approximate surface area is 191 Å². The molecule has 0 radical (unpaired) electrons. The summed E-state index contributed by atoms with van der Waals surface area (Å²) in [4.78, 5) is 30.9. The number of thiophene rings is 1. The molecule has 0 bridgehead atoms. The second-order valence-electron chi connectivity index (χ2n) is 6.87. The van der Waals surface area contributed by atoms with Crippen LogP contribution in [0, 0.1) is 6.92 Å². The predicted molar refractivity (Wildman–Crippen MR) is 118 cm³/mol. The largest absolute Gasteiger partial charge is 0.415 e. The van der Waals surface area contributed by atoms with Gasteiger partial charge in [0.2, 0.25) is 5.13 Å². The summed E-state index contributed by atoms with van der Waals surface area (Å²) >= 11 is 8.28. The number of nitrogens with zero attached hydrogens (tertiary/aromatic N) is 4. The maximum Gasteiger partial charge on any atom is 0.415 e. The van der Waals surface area contributed by atoms with Gasteiger partial charge in [-0.1, -0.05) is 30.6 Å². The number of halogens is 1. The molecule has 0 aliphatic heterocycles. The summed E-state index contributed by atoms with van der Waals surface area (Å²) in [5.74, 6) is 1.22. The number of aromatic nitrogens is 3. The number of hydrogen-bond acceptors (Lipinski definition) is 9. The molecule has 0 fully saturated rings. The van der Waals surface area contributed by atoms with Gasteiger partial charge in [-0.15, -0.1) is 11.3 Å². The van der Waals surface area contributed by atoms with Gasteiger partial charge in [0.1, 0.15) is 5.69 Å². The summed E-state index contributed by atoms with van der Waals surface area (Å²) in [6.07, 6.45) is -0.593. The van der Waals surface area contributed by atoms with Crippen LogP contribution in [0.15, 0.2) is 16.7 Å². The van der Waals surface area contributed by atoms with E-state index in [-0.39, 0.29) is 12.5 Å². The fraction of sp³-hybridized carbons (Fsp3) is 0.389. The smallest absolute Gasteiger partial charge is 0.404 e. The van der Waals surface area contributed by atoms with Crippen LogP contribution in [-0.2, 0) is 13.1 Å². The SMILES string of the molecule is Cc1noc(C(C)C)c1OC(=O)N(C)Cc1nsc(NC(=O)NCc2ccc(Cl)s2)n1. The number of carbonyl (C=O) groups excluding carboxylic acids is 2. The lowest BCUT2D eigenvalue weighted by Gasteiger charge is -2.15. The number of nitrogens with one attached hydrogen (secondary N) is 2. The number of aryl methyl sites for hydroxylation is 1. The highest BCUT2D eigenvalue weighted by atomic mass is 35.5. The lowest BCUT2D eigenvalue weighted by molar-refractivity contribution is 0.158. The second kappa shape index (κ2) is 10.1. The topological polar surface area (TPSA) is 122 Å². The van der Waals surface area contributed by atoms with Gasteiger partial charge in [-0.25, -0.2) is 14.6 Å². The monoisotopic (exact) mass is 484 g/mol. The third kappa shape index (κ3) is 6.15. The molecule has 0 unspecified atom stereocenters. The molecular formula is C18H21ClN6O4S2. The van der Waals surface area contributed by atoms with Crippen LogP contribution in [0.2, 0.25) is 4.34 Å². The van der Waals surface area contributed by atoms with E-state index in [1.807, 2.05) is 19.9 Å². The Bertz CT molecular complexity index is 1060. The number of ether oxygens (including phenoxy) is 1. The Morgan fingerprint density at radius 2 is 2.13 bits per heavy atom. The molecule has 31 heavy (non-hydrogen) atoms. The van der Waals surface area contributed by atoms with E-state index < -0.39 is 12.1 Å². The first-order valence-corrected chi connectivity index (χ1v) is 11.2. The maximum atomic E-state index is 12.4. The van der Waals surface area contributed by atoms with E-state index in [0.717, 1.165) is 16.4 Å². The minimum atomic E-state index is -0.593. The standard InChI is InChI=1S/C18H21ClN6O4S2/c1-9(2)14-15(10(3)23-29-14)28-18(27)25(4)8-13-21-17(31-24-13)22-16(26)20-7-11-5-6-12(19)30-11/h5-6,9H,7-8H2,1-4H3,(H2,20,21,22,24,26). The summed E-state index contributed by atoms with van der Waals surface area (Å²) in [5, 5.41) is 9.50. The summed E-state index contributed by atoms with van der Waals surface area (Å²) in [6, 6.07) is 3.20. The summed E-state index contributed by atoms with van der Waals surface area (Å²) in [5.41, 5.74) is 0.500. The molecule has 3 rings (SSSR count). The number of amides is 3. The van der Waals surface area contributed by atoms with Crippen molar-refractivity contribution in [3.8, 4) is 5.75 Å². The minimum absolute atomic E-state index is 0.0195. The quantitative estimate of drug-likeness (QED) is 0.501. The van der Waals surface area contributed by atoms with E-state index in [0.29, 0.717) is 39.0 Å². The molecule has 0 atom stereocenters. The van der Waals surface area contributed by atoms with Crippen molar-refractivity contribution in [2.75, 3.05) is 12.4 Å². The first-order chi connectivity index (χ1) is 14.7. The van der Waals surface area contributed by atoms with Gasteiger partial charge in [0.05, 0.1) is 17.4 Å². The van der Waals surface area contributed by atoms with Crippen LogP contribution in [0.5, 0.6) is 5.75 Å². The van der Waals surface area contributed by atoms with Gasteiger partial charge in [-0.05, 0) is 19.1 Å². The average molecular weight is 485 g/mol. The Hall–Kier alpha value is -2.70. The Kier molecular flexibility index (Phi) is 7.46. The predicted octanol–water partition coefficient (Wildman–Crippen LogP) is 4.63. The van der Waals surface area contributed by atoms with Gasteiger partial charge in [0.25, 0.3) is 0 Å². The zero-order valence-electron chi connectivity index (χ0n) is 17.3. The molecule has 3 aromatic rings. The number of urea groups is 1. The van der Waals surface area contributed by atoms with Crippen molar-refractivity contribution < 1.29 is 18.8 Å². The van der Waals surface area contributed by atoms with Gasteiger partial charge < -0.3 is 19.5 Å². The van der Waals surface area contributed by atoms with Crippen LogP contribution in [0.3, 0.4) is 0 Å². The van der Waals surface area contributed by atoms with E-state index in [1.54, 1.807) is 20.0 Å². The Morgan fingerprint density at radius 3 is 2.81 bits per heavy atom. The summed E-state index contributed by atoms with van der Waals surface area (Å²) in [6.45, 7) is 5.99. The van der Waals surface area contributed by atoms with Gasteiger partial charge in [-0.3, -0.25) is 5.32 Å². The third-order valence-electron chi connectivity index (χ3n) is 3.98. The van der Waals surface area contributed by atoms with Crippen molar-refractivity contribution in [3.05, 3.63) is 38.6 Å². The number of carbonyl (C=O) groups is 2. The van der Waals surface area contributed by atoms with Crippen LogP contribution in [0.25, 0.3) is 0 Å². The number of anilines is 1. The fourth-order valence-electron chi connectivity index (χ4n) is 2.44. The third-order valence-corrected chi connectivity index (χ3v) is 5.88. The van der Waals surface area contributed by atoms with Crippen LogP contribution in [-0.4, -0.2) is 38.6 Å². The molecule has 13 heteroatoms. The zero-order chi connectivity index (χ0) is 22.5. The minimum Gasteiger partial charge on any atom is -0.404 e. The molecule has 0 saturated heterocycles. The average Bonchev–Trinajstić information content (AvgIpc) is 3.41. The van der Waals surface area contributed by atoms with Gasteiger partial charge in [-0.2, -0.15) is 4.37 Å². The van der Waals surface area contributed by atoms with Crippen molar-refractivity contribution >= 4 is 51.7 Å². The van der Waals surface area contributed by atoms with Crippen molar-refractivity contribution in [2.24, 2.45) is 0 Å². The van der Waals surface area contributed by atoms with Crippen molar-refractivity contribution in [3.63, 3.8) is 0 Å². The molecule has 3 amide bonds. The second-order valence-corrected chi connectivity index (χ2v) is 9.42. The molecule has 0 aliphatic carbocycles. The molecule has 0 saturated carbocycles. The molecule has 0 aliphatic rings. The van der Waals surface area contributed by atoms with Crippen LogP contribution < -0.4 is 15.4 Å². The highest BCUT2D eigenvalue weighted by molar-refractivity contribution is 7.16. The highest BCUT2D eigenvalue weighted by Crippen LogP contribution is 2.30. The van der Waals surface area contributed by atoms with Crippen molar-refractivity contribution in [1.82, 2.24) is 24.7 Å². The number of rotatable bonds is 7. The van der Waals surface area contributed by atoms with Gasteiger partial charge >= 0.3 is 12.1 Å². The van der Waals surface area contributed by atoms with Gasteiger partial charge in [0, 0.05) is 29.4 Å². The molecule has 166 valence electrons. The molecule has 0 spiro atoms. The van der Waals surface area contributed by atoms with E-state index in [4.69, 9.17) is 20.9 Å². The lowest BCUT2D eigenvalue weighted by Crippen LogP contribution is -2.30. The molecule has 3 heterocycles. The first-order valence-electron chi connectivity index (χ1n) is 9.23. The van der Waals surface area contributed by atoms with E-state index in [1.165, 1.54) is 16.2 Å². The summed E-state index contributed by atoms with van der Waals surface area (Å²) < 4.78 is 15.5. The fourth-order valence-corrected chi connectivity index (χ4v) is 4.04. The zero-order valence-corrected chi connectivity index (χ0v) is 19.7. The lowest BCUT2D eigenvalue weighted by atomic mass is 10.1. The molecule has 3 aromatic heterocycles.